The number of fused-ring (bicyclic) bond motifs is 1. The van der Waals surface area contributed by atoms with E-state index in [-0.39, 0.29) is 6.29 Å². The van der Waals surface area contributed by atoms with Crippen LogP contribution in [0.5, 0.6) is 0 Å². The van der Waals surface area contributed by atoms with Gasteiger partial charge in [0.05, 0.1) is 4.70 Å². The van der Waals surface area contributed by atoms with E-state index in [0.717, 1.165) is 15.6 Å². The van der Waals surface area contributed by atoms with Gasteiger partial charge in [0.25, 0.3) is 0 Å². The number of nitrogen functional groups attached to an aromatic ring is 1. The van der Waals surface area contributed by atoms with Crippen molar-refractivity contribution >= 4 is 27.4 Å². The molecule has 2 rings (SSSR count). The Morgan fingerprint density at radius 1 is 1.33 bits per heavy atom. The molecule has 0 unspecified atom stereocenters. The number of nitrogens with zero attached hydrogens (tertiary/aromatic N) is 1. The maximum Gasteiger partial charge on any atom is 0.183 e. The summed E-state index contributed by atoms with van der Waals surface area (Å²) in [6, 6.07) is 5.86. The van der Waals surface area contributed by atoms with E-state index in [4.69, 9.17) is 15.2 Å². The molecule has 1 aromatic heterocycles. The molecule has 0 aliphatic rings. The van der Waals surface area contributed by atoms with Gasteiger partial charge in [0.1, 0.15) is 5.82 Å². The Hall–Kier alpha value is -1.17. The normalized spacial score (nSPS) is 11.4. The molecule has 0 saturated heterocycles. The predicted octanol–water partition coefficient (Wildman–Crippen LogP) is 2.17. The molecule has 15 heavy (non-hydrogen) atoms. The van der Waals surface area contributed by atoms with E-state index in [1.54, 1.807) is 14.2 Å². The van der Waals surface area contributed by atoms with Crippen molar-refractivity contribution in [3.05, 3.63) is 23.8 Å². The first-order valence-corrected chi connectivity index (χ1v) is 5.24. The maximum absolute atomic E-state index is 5.70. The number of hydrogen-bond acceptors (Lipinski definition) is 5. The fraction of sp³-hybridized carbons (Fsp3) is 0.300. The second-order valence-corrected chi connectivity index (χ2v) is 3.93. The van der Waals surface area contributed by atoms with Gasteiger partial charge >= 0.3 is 0 Å². The lowest BCUT2D eigenvalue weighted by molar-refractivity contribution is -0.105. The molecule has 4 nitrogen and oxygen atoms in total. The van der Waals surface area contributed by atoms with Crippen LogP contribution in [0.1, 0.15) is 11.9 Å². The van der Waals surface area contributed by atoms with Crippen molar-refractivity contribution in [1.82, 2.24) is 4.37 Å². The molecule has 0 saturated carbocycles. The summed E-state index contributed by atoms with van der Waals surface area (Å²) in [5, 5.41) is 0.981. The highest BCUT2D eigenvalue weighted by Crippen LogP contribution is 2.28. The molecule has 1 aromatic carbocycles. The zero-order chi connectivity index (χ0) is 10.8. The summed E-state index contributed by atoms with van der Waals surface area (Å²) in [5.41, 5.74) is 6.67. The molecule has 2 N–H and O–H groups in total. The summed E-state index contributed by atoms with van der Waals surface area (Å²) in [5.74, 6) is 0.577. The lowest BCUT2D eigenvalue weighted by Crippen LogP contribution is -2.02. The quantitative estimate of drug-likeness (QED) is 0.812. The van der Waals surface area contributed by atoms with Crippen LogP contribution in [-0.2, 0) is 9.47 Å². The van der Waals surface area contributed by atoms with E-state index in [0.29, 0.717) is 5.82 Å². The summed E-state index contributed by atoms with van der Waals surface area (Å²) >= 11 is 1.38. The van der Waals surface area contributed by atoms with Crippen LogP contribution in [0.3, 0.4) is 0 Å². The minimum absolute atomic E-state index is 0.335. The van der Waals surface area contributed by atoms with Gasteiger partial charge in [-0.2, -0.15) is 4.37 Å². The minimum Gasteiger partial charge on any atom is -0.382 e. The lowest BCUT2D eigenvalue weighted by Gasteiger charge is -2.13. The van der Waals surface area contributed by atoms with Gasteiger partial charge < -0.3 is 15.2 Å². The third kappa shape index (κ3) is 1.81. The second-order valence-electron chi connectivity index (χ2n) is 3.13. The number of ether oxygens (including phenoxy) is 2. The smallest absolute Gasteiger partial charge is 0.183 e. The van der Waals surface area contributed by atoms with Crippen LogP contribution < -0.4 is 5.73 Å². The van der Waals surface area contributed by atoms with Crippen molar-refractivity contribution in [1.29, 1.82) is 0 Å². The van der Waals surface area contributed by atoms with E-state index in [1.165, 1.54) is 11.5 Å². The van der Waals surface area contributed by atoms with Crippen LogP contribution in [0.15, 0.2) is 18.2 Å². The van der Waals surface area contributed by atoms with Gasteiger partial charge in [0.2, 0.25) is 0 Å². The first kappa shape index (κ1) is 10.4. The molecule has 0 fully saturated rings. The van der Waals surface area contributed by atoms with E-state index in [9.17, 15) is 0 Å². The predicted molar refractivity (Wildman–Crippen MR) is 60.8 cm³/mol. The fourth-order valence-corrected chi connectivity index (χ4v) is 2.24. The van der Waals surface area contributed by atoms with E-state index < -0.39 is 0 Å². The van der Waals surface area contributed by atoms with Gasteiger partial charge in [-0.05, 0) is 23.7 Å². The monoisotopic (exact) mass is 224 g/mol. The summed E-state index contributed by atoms with van der Waals surface area (Å²) in [4.78, 5) is 0. The second kappa shape index (κ2) is 4.14. The van der Waals surface area contributed by atoms with Gasteiger partial charge in [-0.25, -0.2) is 0 Å². The molecular weight excluding hydrogens is 212 g/mol. The Morgan fingerprint density at radius 3 is 2.73 bits per heavy atom. The largest absolute Gasteiger partial charge is 0.382 e. The molecule has 0 aliphatic heterocycles. The fourth-order valence-electron chi connectivity index (χ4n) is 1.49. The number of methoxy groups -OCH3 is 2. The van der Waals surface area contributed by atoms with Crippen molar-refractivity contribution < 1.29 is 9.47 Å². The van der Waals surface area contributed by atoms with Crippen LogP contribution in [0.4, 0.5) is 5.82 Å². The number of rotatable bonds is 3. The lowest BCUT2D eigenvalue weighted by atomic mass is 10.1. The highest BCUT2D eigenvalue weighted by molar-refractivity contribution is 7.13. The Bertz CT molecular complexity index is 465. The minimum atomic E-state index is -0.335. The summed E-state index contributed by atoms with van der Waals surface area (Å²) in [6.07, 6.45) is -0.335. The number of benzene rings is 1. The van der Waals surface area contributed by atoms with Crippen LogP contribution in [0.2, 0.25) is 0 Å². The Balaban J connectivity index is 2.46. The Morgan fingerprint density at radius 2 is 2.07 bits per heavy atom. The average molecular weight is 224 g/mol. The van der Waals surface area contributed by atoms with E-state index in [1.807, 2.05) is 18.2 Å². The molecule has 0 aliphatic carbocycles. The zero-order valence-corrected chi connectivity index (χ0v) is 9.38. The van der Waals surface area contributed by atoms with Crippen molar-refractivity contribution in [2.45, 2.75) is 6.29 Å². The third-order valence-corrected chi connectivity index (χ3v) is 3.05. The summed E-state index contributed by atoms with van der Waals surface area (Å²) in [6.45, 7) is 0. The molecule has 1 heterocycles. The SMILES string of the molecule is COC(OC)c1ccc2c(N)nsc2c1. The topological polar surface area (TPSA) is 57.4 Å². The number of aromatic nitrogens is 1. The van der Waals surface area contributed by atoms with Crippen molar-refractivity contribution in [3.8, 4) is 0 Å². The summed E-state index contributed by atoms with van der Waals surface area (Å²) in [7, 11) is 3.22. The van der Waals surface area contributed by atoms with Crippen molar-refractivity contribution in [2.75, 3.05) is 20.0 Å². The van der Waals surface area contributed by atoms with E-state index >= 15 is 0 Å². The average Bonchev–Trinajstić information content (AvgIpc) is 2.62. The van der Waals surface area contributed by atoms with Crippen LogP contribution >= 0.6 is 11.5 Å². The first-order valence-electron chi connectivity index (χ1n) is 4.46. The molecule has 0 radical (unpaired) electrons. The van der Waals surface area contributed by atoms with Gasteiger partial charge in [-0.15, -0.1) is 0 Å². The van der Waals surface area contributed by atoms with Gasteiger partial charge in [0.15, 0.2) is 6.29 Å². The van der Waals surface area contributed by atoms with Gasteiger partial charge in [0, 0.05) is 25.2 Å². The summed E-state index contributed by atoms with van der Waals surface area (Å²) < 4.78 is 15.5. The van der Waals surface area contributed by atoms with Crippen LogP contribution in [-0.4, -0.2) is 18.6 Å². The van der Waals surface area contributed by atoms with Crippen molar-refractivity contribution in [2.24, 2.45) is 0 Å². The number of anilines is 1. The van der Waals surface area contributed by atoms with Crippen molar-refractivity contribution in [3.63, 3.8) is 0 Å². The molecule has 0 spiro atoms. The first-order chi connectivity index (χ1) is 7.26. The van der Waals surface area contributed by atoms with Crippen LogP contribution in [0, 0.1) is 0 Å². The Kier molecular flexibility index (Phi) is 2.86. The zero-order valence-electron chi connectivity index (χ0n) is 8.56. The molecule has 2 aromatic rings. The number of hydrogen-bond donors (Lipinski definition) is 1. The number of nitrogens with two attached hydrogens (primary N) is 1. The third-order valence-electron chi connectivity index (χ3n) is 2.22. The molecule has 0 bridgehead atoms. The molecule has 0 atom stereocenters. The molecule has 5 heteroatoms. The molecular formula is C10H12N2O2S. The van der Waals surface area contributed by atoms with E-state index in [2.05, 4.69) is 4.37 Å². The van der Waals surface area contributed by atoms with Gasteiger partial charge in [-0.3, -0.25) is 0 Å². The highest BCUT2D eigenvalue weighted by Gasteiger charge is 2.11. The highest BCUT2D eigenvalue weighted by atomic mass is 32.1. The van der Waals surface area contributed by atoms with Crippen LogP contribution in [0.25, 0.3) is 10.1 Å². The molecule has 0 amide bonds. The maximum atomic E-state index is 5.70. The standard InChI is InChI=1S/C10H12N2O2S/c1-13-10(14-2)6-3-4-7-8(5-6)15-12-9(7)11/h3-5,10H,1-2H3,(H2,11,12). The molecule has 80 valence electrons. The van der Waals surface area contributed by atoms with Gasteiger partial charge in [-0.1, -0.05) is 6.07 Å². The Labute approximate surface area is 91.8 Å².